The number of ether oxygens (including phenoxy) is 1. The van der Waals surface area contributed by atoms with Gasteiger partial charge >= 0.3 is 0 Å². The molecule has 3 aliphatic heterocycles. The summed E-state index contributed by atoms with van der Waals surface area (Å²) in [7, 11) is 0. The molecule has 2 aromatic heterocycles. The third-order valence-electron chi connectivity index (χ3n) is 6.48. The monoisotopic (exact) mass is 372 g/mol. The second kappa shape index (κ2) is 6.31. The first-order valence-electron chi connectivity index (χ1n) is 10.1. The van der Waals surface area contributed by atoms with Gasteiger partial charge in [-0.15, -0.1) is 0 Å². The number of aromatic amines is 1. The second-order valence-corrected chi connectivity index (χ2v) is 8.66. The van der Waals surface area contributed by atoms with Gasteiger partial charge in [-0.3, -0.25) is 4.90 Å². The molecule has 8 heteroatoms. The van der Waals surface area contributed by atoms with Gasteiger partial charge in [-0.1, -0.05) is 0 Å². The van der Waals surface area contributed by atoms with E-state index < -0.39 is 5.60 Å². The molecule has 0 aromatic carbocycles. The van der Waals surface area contributed by atoms with E-state index in [1.165, 1.54) is 38.8 Å². The third kappa shape index (κ3) is 3.04. The molecule has 0 amide bonds. The molecule has 2 aromatic rings. The Hall–Kier alpha value is -1.93. The maximum Gasteiger partial charge on any atom is 0.247 e. The average molecular weight is 372 g/mol. The Labute approximate surface area is 159 Å². The number of piperidine rings is 1. The Kier molecular flexibility index (Phi) is 4.01. The van der Waals surface area contributed by atoms with E-state index in [1.54, 1.807) is 6.33 Å². The van der Waals surface area contributed by atoms with Gasteiger partial charge in [-0.05, 0) is 58.5 Å². The van der Waals surface area contributed by atoms with Crippen molar-refractivity contribution in [2.45, 2.75) is 56.6 Å². The van der Waals surface area contributed by atoms with E-state index in [2.05, 4.69) is 19.9 Å². The van der Waals surface area contributed by atoms with E-state index >= 15 is 0 Å². The molecule has 146 valence electrons. The zero-order valence-corrected chi connectivity index (χ0v) is 15.9. The van der Waals surface area contributed by atoms with Gasteiger partial charge in [-0.25, -0.2) is 4.98 Å². The van der Waals surface area contributed by atoms with Gasteiger partial charge in [-0.2, -0.15) is 9.97 Å². The van der Waals surface area contributed by atoms with Gasteiger partial charge < -0.3 is 19.7 Å². The van der Waals surface area contributed by atoms with Crippen molar-refractivity contribution in [2.75, 3.05) is 37.7 Å². The largest absolute Gasteiger partial charge is 0.474 e. The highest BCUT2D eigenvalue weighted by Gasteiger charge is 2.45. The molecule has 0 saturated carbocycles. The standard InChI is InChI=1S/C19H28N6O2/c1-18(26)5-2-8-24(11-18)17-22-15-14(20-13-21-15)16(23-17)27-12-19-6-3-9-25(19)10-4-7-19/h13,26H,2-12H2,1H3,(H,20,21,22,23). The first-order chi connectivity index (χ1) is 13.0. The molecule has 3 fully saturated rings. The van der Waals surface area contributed by atoms with Crippen molar-refractivity contribution in [3.63, 3.8) is 0 Å². The molecule has 1 unspecified atom stereocenters. The zero-order chi connectivity index (χ0) is 18.5. The summed E-state index contributed by atoms with van der Waals surface area (Å²) in [5, 5.41) is 10.4. The van der Waals surface area contributed by atoms with Crippen LogP contribution in [-0.2, 0) is 0 Å². The molecule has 0 bridgehead atoms. The van der Waals surface area contributed by atoms with E-state index in [0.717, 1.165) is 19.4 Å². The number of rotatable bonds is 4. The van der Waals surface area contributed by atoms with Crippen LogP contribution in [0.25, 0.3) is 11.2 Å². The summed E-state index contributed by atoms with van der Waals surface area (Å²) < 4.78 is 6.29. The van der Waals surface area contributed by atoms with E-state index in [4.69, 9.17) is 9.72 Å². The van der Waals surface area contributed by atoms with Gasteiger partial charge in [0.25, 0.3) is 0 Å². The van der Waals surface area contributed by atoms with E-state index in [-0.39, 0.29) is 5.54 Å². The fourth-order valence-corrected chi connectivity index (χ4v) is 5.09. The molecule has 3 saturated heterocycles. The number of aromatic nitrogens is 4. The highest BCUT2D eigenvalue weighted by Crippen LogP contribution is 2.39. The minimum Gasteiger partial charge on any atom is -0.474 e. The lowest BCUT2D eigenvalue weighted by Crippen LogP contribution is -2.47. The van der Waals surface area contributed by atoms with E-state index in [9.17, 15) is 5.11 Å². The molecular formula is C19H28N6O2. The molecule has 2 N–H and O–H groups in total. The summed E-state index contributed by atoms with van der Waals surface area (Å²) in [5.74, 6) is 1.16. The number of H-pyrrole nitrogens is 1. The van der Waals surface area contributed by atoms with Gasteiger partial charge in [0.05, 0.1) is 17.5 Å². The minimum atomic E-state index is -0.710. The first kappa shape index (κ1) is 17.2. The summed E-state index contributed by atoms with van der Waals surface area (Å²) in [5.41, 5.74) is 0.829. The molecule has 5 heterocycles. The number of imidazole rings is 1. The van der Waals surface area contributed by atoms with Crippen LogP contribution in [0.5, 0.6) is 5.88 Å². The molecule has 27 heavy (non-hydrogen) atoms. The Morgan fingerprint density at radius 1 is 1.15 bits per heavy atom. The molecule has 5 rings (SSSR count). The summed E-state index contributed by atoms with van der Waals surface area (Å²) in [6, 6.07) is 0. The Balaban J connectivity index is 1.42. The number of nitrogens with zero attached hydrogens (tertiary/aromatic N) is 5. The highest BCUT2D eigenvalue weighted by molar-refractivity contribution is 5.77. The molecule has 3 aliphatic rings. The van der Waals surface area contributed by atoms with Crippen LogP contribution >= 0.6 is 0 Å². The van der Waals surface area contributed by atoms with Crippen molar-refractivity contribution in [3.8, 4) is 5.88 Å². The van der Waals surface area contributed by atoms with Crippen LogP contribution in [0.15, 0.2) is 6.33 Å². The van der Waals surface area contributed by atoms with Crippen LogP contribution in [0.1, 0.15) is 45.4 Å². The van der Waals surface area contributed by atoms with Crippen LogP contribution in [0.3, 0.4) is 0 Å². The number of β-amino-alcohol motifs (C(OH)–C–C–N with tert-alkyl or cyclic N) is 1. The van der Waals surface area contributed by atoms with Crippen LogP contribution in [0.2, 0.25) is 0 Å². The number of hydrogen-bond acceptors (Lipinski definition) is 7. The van der Waals surface area contributed by atoms with Crippen LogP contribution in [0.4, 0.5) is 5.95 Å². The zero-order valence-electron chi connectivity index (χ0n) is 15.9. The molecule has 8 nitrogen and oxygen atoms in total. The molecule has 0 spiro atoms. The van der Waals surface area contributed by atoms with Crippen molar-refractivity contribution in [3.05, 3.63) is 6.33 Å². The Morgan fingerprint density at radius 3 is 2.70 bits per heavy atom. The predicted octanol–water partition coefficient (Wildman–Crippen LogP) is 1.71. The second-order valence-electron chi connectivity index (χ2n) is 8.66. The fourth-order valence-electron chi connectivity index (χ4n) is 5.09. The van der Waals surface area contributed by atoms with Crippen molar-refractivity contribution in [1.82, 2.24) is 24.8 Å². The van der Waals surface area contributed by atoms with Crippen molar-refractivity contribution in [1.29, 1.82) is 0 Å². The van der Waals surface area contributed by atoms with Crippen molar-refractivity contribution >= 4 is 17.1 Å². The van der Waals surface area contributed by atoms with Gasteiger partial charge in [0, 0.05) is 13.1 Å². The number of nitrogens with one attached hydrogen (secondary N) is 1. The predicted molar refractivity (Wildman–Crippen MR) is 102 cm³/mol. The lowest BCUT2D eigenvalue weighted by Gasteiger charge is -2.36. The van der Waals surface area contributed by atoms with E-state index in [0.29, 0.717) is 36.1 Å². The Morgan fingerprint density at radius 2 is 1.93 bits per heavy atom. The highest BCUT2D eigenvalue weighted by atomic mass is 16.5. The number of anilines is 1. The van der Waals surface area contributed by atoms with Crippen LogP contribution < -0.4 is 9.64 Å². The third-order valence-corrected chi connectivity index (χ3v) is 6.48. The van der Waals surface area contributed by atoms with Gasteiger partial charge in [0.1, 0.15) is 6.61 Å². The summed E-state index contributed by atoms with van der Waals surface area (Å²) in [6.45, 7) is 6.26. The number of fused-ring (bicyclic) bond motifs is 2. The van der Waals surface area contributed by atoms with Gasteiger partial charge in [0.15, 0.2) is 11.2 Å². The maximum atomic E-state index is 10.4. The van der Waals surface area contributed by atoms with Gasteiger partial charge in [0.2, 0.25) is 11.8 Å². The normalized spacial score (nSPS) is 28.0. The van der Waals surface area contributed by atoms with E-state index in [1.807, 2.05) is 11.8 Å². The minimum absolute atomic E-state index is 0.169. The first-order valence-corrected chi connectivity index (χ1v) is 10.1. The lowest BCUT2D eigenvalue weighted by molar-refractivity contribution is 0.0444. The van der Waals surface area contributed by atoms with Crippen LogP contribution in [0, 0.1) is 0 Å². The maximum absolute atomic E-state index is 10.4. The molecule has 0 radical (unpaired) electrons. The SMILES string of the molecule is CC1(O)CCCN(c2nc(OCC34CCCN3CCC4)c3nc[nH]c3n2)C1. The fraction of sp³-hybridized carbons (Fsp3) is 0.737. The summed E-state index contributed by atoms with van der Waals surface area (Å²) in [4.78, 5) is 21.4. The Bertz CT molecular complexity index is 825. The molecular weight excluding hydrogens is 344 g/mol. The quantitative estimate of drug-likeness (QED) is 0.844. The smallest absolute Gasteiger partial charge is 0.247 e. The van der Waals surface area contributed by atoms with Crippen LogP contribution in [-0.4, -0.2) is 73.9 Å². The molecule has 0 aliphatic carbocycles. The topological polar surface area (TPSA) is 90.4 Å². The average Bonchev–Trinajstić information content (AvgIpc) is 3.33. The van der Waals surface area contributed by atoms with Crippen molar-refractivity contribution in [2.24, 2.45) is 0 Å². The van der Waals surface area contributed by atoms with Crippen molar-refractivity contribution < 1.29 is 9.84 Å². The lowest BCUT2D eigenvalue weighted by atomic mass is 9.95. The summed E-state index contributed by atoms with van der Waals surface area (Å²) in [6.07, 6.45) is 8.26. The molecule has 1 atom stereocenters. The number of aliphatic hydroxyl groups is 1. The summed E-state index contributed by atoms with van der Waals surface area (Å²) >= 11 is 0. The number of hydrogen-bond donors (Lipinski definition) is 2.